The van der Waals surface area contributed by atoms with Gasteiger partial charge in [-0.15, -0.1) is 0 Å². The van der Waals surface area contributed by atoms with Crippen molar-refractivity contribution in [3.05, 3.63) is 42.0 Å². The molecule has 0 bridgehead atoms. The summed E-state index contributed by atoms with van der Waals surface area (Å²) in [6.45, 7) is 4.05. The minimum atomic E-state index is -0.668. The van der Waals surface area contributed by atoms with Crippen molar-refractivity contribution in [3.8, 4) is 5.75 Å². The van der Waals surface area contributed by atoms with Crippen molar-refractivity contribution < 1.29 is 13.5 Å². The van der Waals surface area contributed by atoms with E-state index in [0.717, 1.165) is 18.2 Å². The molecule has 1 aromatic rings. The Labute approximate surface area is 81.0 Å². The molecule has 1 aromatic carbocycles. The van der Waals surface area contributed by atoms with Crippen LogP contribution < -0.4 is 10.5 Å². The largest absolute Gasteiger partial charge is 0.489 e. The molecule has 4 heteroatoms. The zero-order valence-corrected chi connectivity index (χ0v) is 7.59. The van der Waals surface area contributed by atoms with Crippen LogP contribution >= 0.6 is 0 Å². The van der Waals surface area contributed by atoms with Crippen LogP contribution in [-0.2, 0) is 0 Å². The number of ether oxygens (including phenoxy) is 1. The molecule has 0 aliphatic heterocycles. The van der Waals surface area contributed by atoms with Crippen molar-refractivity contribution in [2.75, 3.05) is 13.2 Å². The van der Waals surface area contributed by atoms with Gasteiger partial charge in [0, 0.05) is 24.7 Å². The highest BCUT2D eigenvalue weighted by atomic mass is 19.1. The monoisotopic (exact) mass is 199 g/mol. The van der Waals surface area contributed by atoms with Crippen molar-refractivity contribution in [1.82, 2.24) is 0 Å². The van der Waals surface area contributed by atoms with Crippen LogP contribution in [0.2, 0.25) is 0 Å². The molecule has 1 rings (SSSR count). The summed E-state index contributed by atoms with van der Waals surface area (Å²) in [4.78, 5) is 0. The SMILES string of the molecule is C=C(CN)COc1cc(F)cc(F)c1. The molecule has 0 spiro atoms. The fourth-order valence-electron chi connectivity index (χ4n) is 0.856. The van der Waals surface area contributed by atoms with Gasteiger partial charge >= 0.3 is 0 Å². The zero-order valence-electron chi connectivity index (χ0n) is 7.59. The first-order valence-electron chi connectivity index (χ1n) is 4.07. The number of benzene rings is 1. The summed E-state index contributed by atoms with van der Waals surface area (Å²) in [5, 5.41) is 0. The van der Waals surface area contributed by atoms with E-state index in [9.17, 15) is 8.78 Å². The van der Waals surface area contributed by atoms with Gasteiger partial charge in [-0.25, -0.2) is 8.78 Å². The Bertz CT molecular complexity index is 319. The normalized spacial score (nSPS) is 9.93. The van der Waals surface area contributed by atoms with E-state index in [2.05, 4.69) is 6.58 Å². The second-order valence-electron chi connectivity index (χ2n) is 2.85. The lowest BCUT2D eigenvalue weighted by molar-refractivity contribution is 0.346. The van der Waals surface area contributed by atoms with E-state index in [-0.39, 0.29) is 18.9 Å². The quantitative estimate of drug-likeness (QED) is 0.751. The van der Waals surface area contributed by atoms with E-state index in [1.54, 1.807) is 0 Å². The number of hydrogen-bond donors (Lipinski definition) is 1. The summed E-state index contributed by atoms with van der Waals surface area (Å²) < 4.78 is 30.4. The predicted molar refractivity (Wildman–Crippen MR) is 50.0 cm³/mol. The fraction of sp³-hybridized carbons (Fsp3) is 0.200. The lowest BCUT2D eigenvalue weighted by Crippen LogP contribution is -2.10. The molecular weight excluding hydrogens is 188 g/mol. The first kappa shape index (κ1) is 10.7. The zero-order chi connectivity index (χ0) is 10.6. The lowest BCUT2D eigenvalue weighted by Gasteiger charge is -2.06. The molecule has 14 heavy (non-hydrogen) atoms. The highest BCUT2D eigenvalue weighted by molar-refractivity contribution is 5.24. The molecule has 0 heterocycles. The molecule has 0 saturated carbocycles. The third kappa shape index (κ3) is 3.14. The molecule has 76 valence electrons. The van der Waals surface area contributed by atoms with Crippen molar-refractivity contribution in [1.29, 1.82) is 0 Å². The molecule has 0 atom stereocenters. The van der Waals surface area contributed by atoms with Gasteiger partial charge in [-0.1, -0.05) is 6.58 Å². The summed E-state index contributed by atoms with van der Waals surface area (Å²) in [7, 11) is 0. The van der Waals surface area contributed by atoms with Gasteiger partial charge in [0.25, 0.3) is 0 Å². The average molecular weight is 199 g/mol. The Balaban J connectivity index is 2.63. The summed E-state index contributed by atoms with van der Waals surface area (Å²) in [6.07, 6.45) is 0. The lowest BCUT2D eigenvalue weighted by atomic mass is 10.3. The van der Waals surface area contributed by atoms with Gasteiger partial charge < -0.3 is 10.5 Å². The first-order chi connectivity index (χ1) is 6.61. The van der Waals surface area contributed by atoms with Gasteiger partial charge in [0.2, 0.25) is 0 Å². The second kappa shape index (κ2) is 4.72. The van der Waals surface area contributed by atoms with Crippen molar-refractivity contribution in [3.63, 3.8) is 0 Å². The highest BCUT2D eigenvalue weighted by Crippen LogP contribution is 2.15. The predicted octanol–water partition coefficient (Wildman–Crippen LogP) is 1.86. The Morgan fingerprint density at radius 2 is 1.86 bits per heavy atom. The van der Waals surface area contributed by atoms with Gasteiger partial charge in [-0.3, -0.25) is 0 Å². The van der Waals surface area contributed by atoms with E-state index < -0.39 is 11.6 Å². The molecule has 0 aromatic heterocycles. The average Bonchev–Trinajstić information content (AvgIpc) is 2.12. The van der Waals surface area contributed by atoms with Crippen LogP contribution in [0.3, 0.4) is 0 Å². The summed E-state index contributed by atoms with van der Waals surface area (Å²) in [5.74, 6) is -1.20. The third-order valence-electron chi connectivity index (χ3n) is 1.57. The molecule has 0 radical (unpaired) electrons. The van der Waals surface area contributed by atoms with Crippen molar-refractivity contribution in [2.45, 2.75) is 0 Å². The topological polar surface area (TPSA) is 35.2 Å². The molecule has 2 nitrogen and oxygen atoms in total. The Kier molecular flexibility index (Phi) is 3.59. The molecular formula is C10H11F2NO. The fourth-order valence-corrected chi connectivity index (χ4v) is 0.856. The van der Waals surface area contributed by atoms with Gasteiger partial charge in [-0.2, -0.15) is 0 Å². The van der Waals surface area contributed by atoms with Crippen LogP contribution in [-0.4, -0.2) is 13.2 Å². The Hall–Kier alpha value is -1.42. The van der Waals surface area contributed by atoms with E-state index in [4.69, 9.17) is 10.5 Å². The van der Waals surface area contributed by atoms with E-state index in [1.807, 2.05) is 0 Å². The minimum Gasteiger partial charge on any atom is -0.489 e. The van der Waals surface area contributed by atoms with Crippen LogP contribution in [0.15, 0.2) is 30.4 Å². The van der Waals surface area contributed by atoms with Crippen LogP contribution in [0.1, 0.15) is 0 Å². The molecule has 0 amide bonds. The molecule has 0 aliphatic carbocycles. The first-order valence-corrected chi connectivity index (χ1v) is 4.07. The van der Waals surface area contributed by atoms with Gasteiger partial charge in [0.15, 0.2) is 0 Å². The van der Waals surface area contributed by atoms with Gasteiger partial charge in [0.05, 0.1) is 0 Å². The van der Waals surface area contributed by atoms with Gasteiger partial charge in [0.1, 0.15) is 24.0 Å². The van der Waals surface area contributed by atoms with Crippen LogP contribution in [0.4, 0.5) is 8.78 Å². The summed E-state index contributed by atoms with van der Waals surface area (Å²) in [5.41, 5.74) is 5.93. The maximum absolute atomic E-state index is 12.7. The molecule has 0 unspecified atom stereocenters. The number of rotatable bonds is 4. The maximum Gasteiger partial charge on any atom is 0.129 e. The van der Waals surface area contributed by atoms with E-state index >= 15 is 0 Å². The molecule has 0 aliphatic rings. The highest BCUT2D eigenvalue weighted by Gasteiger charge is 2.01. The smallest absolute Gasteiger partial charge is 0.129 e. The number of nitrogens with two attached hydrogens (primary N) is 1. The Morgan fingerprint density at radius 3 is 2.36 bits per heavy atom. The second-order valence-corrected chi connectivity index (χ2v) is 2.85. The number of hydrogen-bond acceptors (Lipinski definition) is 2. The minimum absolute atomic E-state index is 0.136. The Morgan fingerprint density at radius 1 is 1.29 bits per heavy atom. The summed E-state index contributed by atoms with van der Waals surface area (Å²) >= 11 is 0. The maximum atomic E-state index is 12.7. The third-order valence-corrected chi connectivity index (χ3v) is 1.57. The molecule has 0 saturated heterocycles. The van der Waals surface area contributed by atoms with Crippen LogP contribution in [0, 0.1) is 11.6 Å². The molecule has 0 fully saturated rings. The number of halogens is 2. The van der Waals surface area contributed by atoms with Crippen LogP contribution in [0.25, 0.3) is 0 Å². The van der Waals surface area contributed by atoms with Crippen molar-refractivity contribution in [2.24, 2.45) is 5.73 Å². The van der Waals surface area contributed by atoms with Gasteiger partial charge in [-0.05, 0) is 5.57 Å². The molecule has 2 N–H and O–H groups in total. The van der Waals surface area contributed by atoms with Crippen LogP contribution in [0.5, 0.6) is 5.75 Å². The van der Waals surface area contributed by atoms with E-state index in [1.165, 1.54) is 0 Å². The van der Waals surface area contributed by atoms with E-state index in [0.29, 0.717) is 5.57 Å². The summed E-state index contributed by atoms with van der Waals surface area (Å²) in [6, 6.07) is 2.99. The standard InChI is InChI=1S/C10H11F2NO/c1-7(5-13)6-14-10-3-8(11)2-9(12)4-10/h2-4H,1,5-6,13H2. The van der Waals surface area contributed by atoms with Crippen molar-refractivity contribution >= 4 is 0 Å².